The molecular formula is C26H33N3O4. The second kappa shape index (κ2) is 9.71. The minimum absolute atomic E-state index is 0.00576. The third kappa shape index (κ3) is 4.71. The van der Waals surface area contributed by atoms with Crippen LogP contribution < -0.4 is 15.0 Å². The molecule has 2 saturated heterocycles. The maximum atomic E-state index is 12.9. The summed E-state index contributed by atoms with van der Waals surface area (Å²) in [7, 11) is 1.69. The largest absolute Gasteiger partial charge is 0.497 e. The predicted octanol–water partition coefficient (Wildman–Crippen LogP) is 2.19. The molecule has 3 heterocycles. The zero-order chi connectivity index (χ0) is 22.7. The van der Waals surface area contributed by atoms with Crippen molar-refractivity contribution in [2.45, 2.75) is 24.5 Å². The number of methoxy groups -OCH3 is 1. The fraction of sp³-hybridized carbons (Fsp3) is 0.500. The van der Waals surface area contributed by atoms with Crippen molar-refractivity contribution < 1.29 is 19.0 Å². The van der Waals surface area contributed by atoms with Gasteiger partial charge in [0.2, 0.25) is 5.91 Å². The number of carbonyl (C=O) groups excluding carboxylic acids is 1. The summed E-state index contributed by atoms with van der Waals surface area (Å²) < 4.78 is 16.8. The highest BCUT2D eigenvalue weighted by atomic mass is 16.5. The van der Waals surface area contributed by atoms with E-state index in [0.717, 1.165) is 51.7 Å². The first-order valence-electron chi connectivity index (χ1n) is 11.8. The van der Waals surface area contributed by atoms with Gasteiger partial charge in [-0.3, -0.25) is 9.69 Å². The third-order valence-corrected chi connectivity index (χ3v) is 7.10. The zero-order valence-corrected chi connectivity index (χ0v) is 19.3. The van der Waals surface area contributed by atoms with E-state index in [1.807, 2.05) is 12.1 Å². The number of morpholine rings is 1. The van der Waals surface area contributed by atoms with Crippen molar-refractivity contribution in [2.75, 3.05) is 64.6 Å². The Morgan fingerprint density at radius 1 is 1.15 bits per heavy atom. The minimum Gasteiger partial charge on any atom is -0.497 e. The number of nitrogens with zero attached hydrogens (tertiary/aromatic N) is 2. The summed E-state index contributed by atoms with van der Waals surface area (Å²) in [4.78, 5) is 17.6. The van der Waals surface area contributed by atoms with Crippen LogP contribution >= 0.6 is 0 Å². The first kappa shape index (κ1) is 22.2. The van der Waals surface area contributed by atoms with Crippen molar-refractivity contribution in [3.05, 3.63) is 59.7 Å². The standard InChI is InChI=1S/C26H33N3O4/c1-31-21-8-6-20(7-9-21)17-29-18-26(22-4-2-3-5-23(22)29)16-24(33-19-26)25(30)27-10-11-28-12-14-32-15-13-28/h2-9,24H,10-19H2,1H3,(H,27,30)/t24-,26+/m1/s1. The second-order valence-corrected chi connectivity index (χ2v) is 9.25. The monoisotopic (exact) mass is 451 g/mol. The van der Waals surface area contributed by atoms with Gasteiger partial charge in [-0.15, -0.1) is 0 Å². The molecule has 2 fully saturated rings. The van der Waals surface area contributed by atoms with Gasteiger partial charge >= 0.3 is 0 Å². The topological polar surface area (TPSA) is 63.3 Å². The lowest BCUT2D eigenvalue weighted by molar-refractivity contribution is -0.130. The molecule has 1 spiro atoms. The Balaban J connectivity index is 1.22. The van der Waals surface area contributed by atoms with Crippen molar-refractivity contribution in [3.63, 3.8) is 0 Å². The summed E-state index contributed by atoms with van der Waals surface area (Å²) in [6.45, 7) is 7.15. The van der Waals surface area contributed by atoms with E-state index < -0.39 is 6.10 Å². The van der Waals surface area contributed by atoms with Crippen LogP contribution in [0.15, 0.2) is 48.5 Å². The molecule has 7 heteroatoms. The summed E-state index contributed by atoms with van der Waals surface area (Å²) in [5, 5.41) is 3.09. The molecule has 1 amide bonds. The Morgan fingerprint density at radius 3 is 2.73 bits per heavy atom. The van der Waals surface area contributed by atoms with Crippen LogP contribution in [0.1, 0.15) is 17.5 Å². The van der Waals surface area contributed by atoms with Gasteiger partial charge < -0.3 is 24.4 Å². The first-order chi connectivity index (χ1) is 16.2. The molecule has 3 aliphatic rings. The molecule has 176 valence electrons. The normalized spacial score (nSPS) is 24.8. The van der Waals surface area contributed by atoms with Crippen LogP contribution in [0.5, 0.6) is 5.75 Å². The van der Waals surface area contributed by atoms with Gasteiger partial charge in [-0.25, -0.2) is 0 Å². The molecule has 1 N–H and O–H groups in total. The number of fused-ring (bicyclic) bond motifs is 2. The van der Waals surface area contributed by atoms with Crippen LogP contribution in [-0.2, 0) is 26.2 Å². The molecule has 0 bridgehead atoms. The molecule has 33 heavy (non-hydrogen) atoms. The van der Waals surface area contributed by atoms with Gasteiger partial charge in [0.1, 0.15) is 11.9 Å². The van der Waals surface area contributed by atoms with E-state index in [4.69, 9.17) is 14.2 Å². The number of rotatable bonds is 7. The smallest absolute Gasteiger partial charge is 0.249 e. The predicted molar refractivity (Wildman–Crippen MR) is 127 cm³/mol. The number of carbonyl (C=O) groups is 1. The fourth-order valence-electron chi connectivity index (χ4n) is 5.30. The summed E-state index contributed by atoms with van der Waals surface area (Å²) in [6, 6.07) is 16.8. The van der Waals surface area contributed by atoms with Crippen LogP contribution in [0.25, 0.3) is 0 Å². The second-order valence-electron chi connectivity index (χ2n) is 9.25. The summed E-state index contributed by atoms with van der Waals surface area (Å²) in [5.41, 5.74) is 3.63. The van der Waals surface area contributed by atoms with Crippen molar-refractivity contribution in [3.8, 4) is 5.75 Å². The van der Waals surface area contributed by atoms with Crippen LogP contribution in [-0.4, -0.2) is 76.6 Å². The van der Waals surface area contributed by atoms with Crippen molar-refractivity contribution in [1.82, 2.24) is 10.2 Å². The van der Waals surface area contributed by atoms with E-state index in [-0.39, 0.29) is 11.3 Å². The lowest BCUT2D eigenvalue weighted by Crippen LogP contribution is -2.43. The van der Waals surface area contributed by atoms with Crippen LogP contribution in [0.4, 0.5) is 5.69 Å². The van der Waals surface area contributed by atoms with Crippen molar-refractivity contribution in [2.24, 2.45) is 0 Å². The maximum absolute atomic E-state index is 12.9. The van der Waals surface area contributed by atoms with Gasteiger partial charge in [0.15, 0.2) is 0 Å². The molecule has 7 nitrogen and oxygen atoms in total. The van der Waals surface area contributed by atoms with E-state index in [1.165, 1.54) is 16.8 Å². The van der Waals surface area contributed by atoms with E-state index in [0.29, 0.717) is 19.6 Å². The fourth-order valence-corrected chi connectivity index (χ4v) is 5.30. The third-order valence-electron chi connectivity index (χ3n) is 7.10. The van der Waals surface area contributed by atoms with E-state index in [9.17, 15) is 4.79 Å². The number of para-hydroxylation sites is 1. The number of benzene rings is 2. The van der Waals surface area contributed by atoms with Crippen LogP contribution in [0, 0.1) is 0 Å². The van der Waals surface area contributed by atoms with E-state index in [2.05, 4.69) is 51.5 Å². The van der Waals surface area contributed by atoms with Gasteiger partial charge in [0.25, 0.3) is 0 Å². The summed E-state index contributed by atoms with van der Waals surface area (Å²) in [6.07, 6.45) is 0.315. The highest BCUT2D eigenvalue weighted by Gasteiger charge is 2.50. The number of amides is 1. The van der Waals surface area contributed by atoms with Crippen molar-refractivity contribution >= 4 is 11.6 Å². The van der Waals surface area contributed by atoms with Gasteiger partial charge in [-0.05, 0) is 35.7 Å². The first-order valence-corrected chi connectivity index (χ1v) is 11.8. The number of anilines is 1. The van der Waals surface area contributed by atoms with Gasteiger partial charge in [0.05, 0.1) is 26.9 Å². The molecule has 0 unspecified atom stereocenters. The quantitative estimate of drug-likeness (QED) is 0.696. The highest BCUT2D eigenvalue weighted by Crippen LogP contribution is 2.47. The van der Waals surface area contributed by atoms with Gasteiger partial charge in [-0.2, -0.15) is 0 Å². The molecule has 2 aromatic carbocycles. The average Bonchev–Trinajstić information content (AvgIpc) is 3.42. The maximum Gasteiger partial charge on any atom is 0.249 e. The molecule has 0 radical (unpaired) electrons. The Morgan fingerprint density at radius 2 is 1.94 bits per heavy atom. The van der Waals surface area contributed by atoms with Crippen molar-refractivity contribution in [1.29, 1.82) is 0 Å². The highest BCUT2D eigenvalue weighted by molar-refractivity contribution is 5.81. The van der Waals surface area contributed by atoms with Gasteiger partial charge in [-0.1, -0.05) is 30.3 Å². The Bertz CT molecular complexity index is 960. The molecule has 5 rings (SSSR count). The SMILES string of the molecule is COc1ccc(CN2C[C@@]3(CO[C@@H](C(=O)NCCN4CCOCC4)C3)c3ccccc32)cc1. The number of ether oxygens (including phenoxy) is 3. The molecule has 3 aliphatic heterocycles. The lowest BCUT2D eigenvalue weighted by Gasteiger charge is -2.26. The molecule has 2 aromatic rings. The molecular weight excluding hydrogens is 418 g/mol. The zero-order valence-electron chi connectivity index (χ0n) is 19.3. The summed E-state index contributed by atoms with van der Waals surface area (Å²) in [5.74, 6) is 0.870. The molecule has 0 saturated carbocycles. The number of hydrogen-bond acceptors (Lipinski definition) is 6. The average molecular weight is 452 g/mol. The summed E-state index contributed by atoms with van der Waals surface area (Å²) >= 11 is 0. The number of hydrogen-bond donors (Lipinski definition) is 1. The Hall–Kier alpha value is -2.61. The van der Waals surface area contributed by atoms with E-state index >= 15 is 0 Å². The number of nitrogens with one attached hydrogen (secondary N) is 1. The van der Waals surface area contributed by atoms with Crippen LogP contribution in [0.2, 0.25) is 0 Å². The lowest BCUT2D eigenvalue weighted by atomic mass is 9.80. The van der Waals surface area contributed by atoms with E-state index in [1.54, 1.807) is 7.11 Å². The molecule has 0 aliphatic carbocycles. The Labute approximate surface area is 195 Å². The van der Waals surface area contributed by atoms with Gasteiger partial charge in [0, 0.05) is 50.4 Å². The van der Waals surface area contributed by atoms with Crippen LogP contribution in [0.3, 0.4) is 0 Å². The Kier molecular flexibility index (Phi) is 6.53. The molecule has 0 aromatic heterocycles. The molecule has 2 atom stereocenters. The minimum atomic E-state index is -0.399.